The average molecular weight is 504 g/mol. The van der Waals surface area contributed by atoms with Gasteiger partial charge in [-0.15, -0.1) is 0 Å². The number of amides is 1. The number of anilines is 1. The Balaban J connectivity index is 1.42. The van der Waals surface area contributed by atoms with E-state index in [9.17, 15) is 18.0 Å². The zero-order valence-corrected chi connectivity index (χ0v) is 21.0. The van der Waals surface area contributed by atoms with Gasteiger partial charge in [0.1, 0.15) is 0 Å². The highest BCUT2D eigenvalue weighted by atomic mass is 19.4. The lowest BCUT2D eigenvalue weighted by molar-refractivity contribution is -0.137. The van der Waals surface area contributed by atoms with Gasteiger partial charge in [0, 0.05) is 69.4 Å². The molecule has 2 atom stereocenters. The third-order valence-electron chi connectivity index (χ3n) is 7.41. The Morgan fingerprint density at radius 1 is 1.08 bits per heavy atom. The molecule has 2 saturated heterocycles. The van der Waals surface area contributed by atoms with Crippen molar-refractivity contribution in [3.63, 3.8) is 0 Å². The normalized spacial score (nSPS) is 21.4. The van der Waals surface area contributed by atoms with Crippen LogP contribution < -0.4 is 10.2 Å². The summed E-state index contributed by atoms with van der Waals surface area (Å²) < 4.78 is 39.4. The molecule has 0 spiro atoms. The maximum absolute atomic E-state index is 13.7. The van der Waals surface area contributed by atoms with Crippen molar-refractivity contribution in [2.75, 3.05) is 37.6 Å². The second-order valence-electron chi connectivity index (χ2n) is 9.77. The number of alkyl halides is 3. The standard InChI is InChI=1S/C27H36F3N5O/c1-3-22(4-2)32-23-17-25(35(19-23)18-20-8-10-31-11-9-20)26(36)34-14-12-33(13-15-34)24-7-5-6-21(16-24)27(28,29)30/h5-11,16,22-23,25,32H,3-4,12-15,17-19H2,1-2H3/t23-,25+/m1/s1. The van der Waals surface area contributed by atoms with E-state index in [4.69, 9.17) is 0 Å². The number of hydrogen-bond acceptors (Lipinski definition) is 5. The molecule has 6 nitrogen and oxygen atoms in total. The number of halogens is 3. The molecule has 0 unspecified atom stereocenters. The first-order valence-electron chi connectivity index (χ1n) is 12.9. The zero-order chi connectivity index (χ0) is 25.7. The second kappa shape index (κ2) is 11.6. The van der Waals surface area contributed by atoms with Gasteiger partial charge in [-0.2, -0.15) is 13.2 Å². The van der Waals surface area contributed by atoms with Crippen LogP contribution in [0, 0.1) is 0 Å². The number of hydrogen-bond donors (Lipinski definition) is 1. The summed E-state index contributed by atoms with van der Waals surface area (Å²) in [5.74, 6) is 0.113. The number of nitrogens with zero attached hydrogens (tertiary/aromatic N) is 4. The maximum atomic E-state index is 13.7. The van der Waals surface area contributed by atoms with Gasteiger partial charge in [0.2, 0.25) is 5.91 Å². The van der Waals surface area contributed by atoms with Crippen molar-refractivity contribution in [2.45, 2.75) is 64.0 Å². The Morgan fingerprint density at radius 2 is 1.78 bits per heavy atom. The Bertz CT molecular complexity index is 990. The molecule has 2 fully saturated rings. The van der Waals surface area contributed by atoms with Gasteiger partial charge in [-0.3, -0.25) is 14.7 Å². The third kappa shape index (κ3) is 6.37. The summed E-state index contributed by atoms with van der Waals surface area (Å²) in [4.78, 5) is 23.9. The van der Waals surface area contributed by atoms with E-state index in [0.29, 0.717) is 44.5 Å². The van der Waals surface area contributed by atoms with Gasteiger partial charge in [0.25, 0.3) is 0 Å². The molecule has 2 aliphatic rings. The third-order valence-corrected chi connectivity index (χ3v) is 7.41. The van der Waals surface area contributed by atoms with Gasteiger partial charge in [0.05, 0.1) is 11.6 Å². The minimum absolute atomic E-state index is 0.113. The Morgan fingerprint density at radius 3 is 2.42 bits per heavy atom. The molecule has 196 valence electrons. The summed E-state index contributed by atoms with van der Waals surface area (Å²) in [7, 11) is 0. The SMILES string of the molecule is CCC(CC)N[C@@H]1C[C@@H](C(=O)N2CCN(c3cccc(C(F)(F)F)c3)CC2)N(Cc2ccncc2)C1. The Labute approximate surface area is 211 Å². The summed E-state index contributed by atoms with van der Waals surface area (Å²) in [6, 6.07) is 9.86. The summed E-state index contributed by atoms with van der Waals surface area (Å²) in [5, 5.41) is 3.74. The van der Waals surface area contributed by atoms with Crippen molar-refractivity contribution < 1.29 is 18.0 Å². The number of benzene rings is 1. The van der Waals surface area contributed by atoms with E-state index in [0.717, 1.165) is 37.4 Å². The van der Waals surface area contributed by atoms with E-state index in [2.05, 4.69) is 29.0 Å². The molecule has 0 saturated carbocycles. The van der Waals surface area contributed by atoms with E-state index in [1.165, 1.54) is 12.1 Å². The minimum atomic E-state index is -4.37. The van der Waals surface area contributed by atoms with Gasteiger partial charge < -0.3 is 15.1 Å². The lowest BCUT2D eigenvalue weighted by Crippen LogP contribution is -2.53. The van der Waals surface area contributed by atoms with E-state index < -0.39 is 11.7 Å². The number of rotatable bonds is 8. The van der Waals surface area contributed by atoms with Crippen molar-refractivity contribution in [1.29, 1.82) is 0 Å². The fourth-order valence-electron chi connectivity index (χ4n) is 5.31. The molecule has 2 aliphatic heterocycles. The second-order valence-corrected chi connectivity index (χ2v) is 9.77. The molecule has 3 heterocycles. The lowest BCUT2D eigenvalue weighted by Gasteiger charge is -2.38. The zero-order valence-electron chi connectivity index (χ0n) is 21.0. The molecule has 1 N–H and O–H groups in total. The van der Waals surface area contributed by atoms with Gasteiger partial charge in [-0.05, 0) is 55.2 Å². The Kier molecular flexibility index (Phi) is 8.51. The predicted molar refractivity (Wildman–Crippen MR) is 135 cm³/mol. The van der Waals surface area contributed by atoms with E-state index in [1.807, 2.05) is 21.9 Å². The van der Waals surface area contributed by atoms with E-state index >= 15 is 0 Å². The molecule has 1 aromatic heterocycles. The summed E-state index contributed by atoms with van der Waals surface area (Å²) in [5.41, 5.74) is 1.03. The number of likely N-dealkylation sites (tertiary alicyclic amines) is 1. The average Bonchev–Trinajstić information content (AvgIpc) is 3.29. The number of carbonyl (C=O) groups excluding carboxylic acids is 1. The number of pyridine rings is 1. The molecule has 36 heavy (non-hydrogen) atoms. The predicted octanol–water partition coefficient (Wildman–Crippen LogP) is 4.17. The monoisotopic (exact) mass is 503 g/mol. The first kappa shape index (κ1) is 26.4. The number of piperazine rings is 1. The summed E-state index contributed by atoms with van der Waals surface area (Å²) in [6.07, 6.45) is 2.03. The van der Waals surface area contributed by atoms with Crippen molar-refractivity contribution >= 4 is 11.6 Å². The van der Waals surface area contributed by atoms with Crippen LogP contribution in [-0.2, 0) is 17.5 Å². The molecule has 0 aliphatic carbocycles. The minimum Gasteiger partial charge on any atom is -0.368 e. The van der Waals surface area contributed by atoms with Crippen molar-refractivity contribution in [1.82, 2.24) is 20.1 Å². The van der Waals surface area contributed by atoms with Gasteiger partial charge in [-0.25, -0.2) is 0 Å². The molecule has 4 rings (SSSR count). The van der Waals surface area contributed by atoms with Crippen LogP contribution in [0.15, 0.2) is 48.8 Å². The van der Waals surface area contributed by atoms with Crippen LogP contribution in [0.4, 0.5) is 18.9 Å². The van der Waals surface area contributed by atoms with Crippen molar-refractivity contribution in [3.8, 4) is 0 Å². The lowest BCUT2D eigenvalue weighted by atomic mass is 10.1. The molecule has 0 bridgehead atoms. The molecule has 0 radical (unpaired) electrons. The fourth-order valence-corrected chi connectivity index (χ4v) is 5.31. The van der Waals surface area contributed by atoms with Crippen LogP contribution in [0.2, 0.25) is 0 Å². The largest absolute Gasteiger partial charge is 0.416 e. The van der Waals surface area contributed by atoms with Gasteiger partial charge >= 0.3 is 6.18 Å². The maximum Gasteiger partial charge on any atom is 0.416 e. The quantitative estimate of drug-likeness (QED) is 0.586. The first-order chi connectivity index (χ1) is 17.3. The van der Waals surface area contributed by atoms with Crippen LogP contribution >= 0.6 is 0 Å². The van der Waals surface area contributed by atoms with Crippen LogP contribution in [-0.4, -0.2) is 71.5 Å². The van der Waals surface area contributed by atoms with E-state index in [1.54, 1.807) is 18.5 Å². The molecule has 1 aromatic carbocycles. The first-order valence-corrected chi connectivity index (χ1v) is 12.9. The molecular weight excluding hydrogens is 467 g/mol. The smallest absolute Gasteiger partial charge is 0.368 e. The number of aromatic nitrogens is 1. The van der Waals surface area contributed by atoms with Gasteiger partial charge in [0.15, 0.2) is 0 Å². The number of carbonyl (C=O) groups is 1. The van der Waals surface area contributed by atoms with Crippen LogP contribution in [0.25, 0.3) is 0 Å². The highest BCUT2D eigenvalue weighted by Gasteiger charge is 2.40. The van der Waals surface area contributed by atoms with Crippen molar-refractivity contribution in [2.24, 2.45) is 0 Å². The number of nitrogens with one attached hydrogen (secondary N) is 1. The van der Waals surface area contributed by atoms with Gasteiger partial charge in [-0.1, -0.05) is 19.9 Å². The molecular formula is C27H36F3N5O. The molecule has 1 amide bonds. The topological polar surface area (TPSA) is 51.7 Å². The Hall–Kier alpha value is -2.65. The highest BCUT2D eigenvalue weighted by Crippen LogP contribution is 2.32. The van der Waals surface area contributed by atoms with Crippen LogP contribution in [0.1, 0.15) is 44.2 Å². The summed E-state index contributed by atoms with van der Waals surface area (Å²) >= 11 is 0. The molecule has 2 aromatic rings. The summed E-state index contributed by atoms with van der Waals surface area (Å²) in [6.45, 7) is 7.87. The fraction of sp³-hybridized carbons (Fsp3) is 0.556. The van der Waals surface area contributed by atoms with Crippen LogP contribution in [0.3, 0.4) is 0 Å². The van der Waals surface area contributed by atoms with E-state index in [-0.39, 0.29) is 18.0 Å². The highest BCUT2D eigenvalue weighted by molar-refractivity contribution is 5.82. The molecule has 9 heteroatoms. The van der Waals surface area contributed by atoms with Crippen molar-refractivity contribution in [3.05, 3.63) is 59.9 Å². The van der Waals surface area contributed by atoms with Crippen LogP contribution in [0.5, 0.6) is 0 Å².